The summed E-state index contributed by atoms with van der Waals surface area (Å²) in [5.74, 6) is -0.956. The first-order valence-electron chi connectivity index (χ1n) is 28.4. The van der Waals surface area contributed by atoms with Crippen LogP contribution in [0.15, 0.2) is 109 Å². The molecule has 392 valence electrons. The maximum atomic E-state index is 12.8. The second-order valence-corrected chi connectivity index (χ2v) is 18.4. The summed E-state index contributed by atoms with van der Waals surface area (Å²) in [6.45, 7) is 6.35. The molecule has 0 aliphatic rings. The fraction of sp³-hybridized carbons (Fsp3) is 0.667. The predicted octanol–water partition coefficient (Wildman–Crippen LogP) is 19.1. The fourth-order valence-electron chi connectivity index (χ4n) is 7.54. The molecule has 6 nitrogen and oxygen atoms in total. The van der Waals surface area contributed by atoms with Gasteiger partial charge in [0.05, 0.1) is 0 Å². The molecule has 1 atom stereocenters. The van der Waals surface area contributed by atoms with Crippen LogP contribution in [0.2, 0.25) is 0 Å². The zero-order valence-electron chi connectivity index (χ0n) is 44.8. The zero-order chi connectivity index (χ0) is 50.0. The van der Waals surface area contributed by atoms with E-state index in [0.29, 0.717) is 19.3 Å². The molecular formula is C63H104O6. The SMILES string of the molecule is CC/C=C\C/C=C\C/C=C\CCCCCCCC(=O)OC(COC(=O)CCCCC/C=C\C/C=C\C/C=C\CC)COC(=O)CCCCCCCCCC/C=C\C/C=C\C/C=C\CCCCCCC. The van der Waals surface area contributed by atoms with Gasteiger partial charge in [-0.15, -0.1) is 0 Å². The fourth-order valence-corrected chi connectivity index (χ4v) is 7.54. The highest BCUT2D eigenvalue weighted by atomic mass is 16.6. The van der Waals surface area contributed by atoms with E-state index in [1.165, 1.54) is 70.6 Å². The Morgan fingerprint density at radius 1 is 0.304 bits per heavy atom. The summed E-state index contributed by atoms with van der Waals surface area (Å²) in [6, 6.07) is 0. The van der Waals surface area contributed by atoms with Crippen molar-refractivity contribution in [1.29, 1.82) is 0 Å². The molecule has 0 bridgehead atoms. The molecular weight excluding hydrogens is 853 g/mol. The molecule has 0 heterocycles. The van der Waals surface area contributed by atoms with Gasteiger partial charge in [-0.2, -0.15) is 0 Å². The average molecular weight is 958 g/mol. The summed E-state index contributed by atoms with van der Waals surface area (Å²) in [5, 5.41) is 0. The molecule has 6 heteroatoms. The van der Waals surface area contributed by atoms with Crippen LogP contribution in [-0.2, 0) is 28.6 Å². The number of rotatable bonds is 50. The summed E-state index contributed by atoms with van der Waals surface area (Å²) >= 11 is 0. The van der Waals surface area contributed by atoms with Gasteiger partial charge < -0.3 is 14.2 Å². The molecule has 0 spiro atoms. The van der Waals surface area contributed by atoms with Crippen molar-refractivity contribution >= 4 is 17.9 Å². The van der Waals surface area contributed by atoms with E-state index in [1.54, 1.807) is 0 Å². The minimum Gasteiger partial charge on any atom is -0.462 e. The predicted molar refractivity (Wildman–Crippen MR) is 297 cm³/mol. The number of hydrogen-bond acceptors (Lipinski definition) is 6. The minimum absolute atomic E-state index is 0.100. The van der Waals surface area contributed by atoms with Crippen molar-refractivity contribution in [1.82, 2.24) is 0 Å². The summed E-state index contributed by atoms with van der Waals surface area (Å²) in [6.07, 6.45) is 76.5. The Kier molecular flexibility index (Phi) is 53.4. The lowest BCUT2D eigenvalue weighted by Crippen LogP contribution is -2.30. The van der Waals surface area contributed by atoms with Crippen molar-refractivity contribution in [2.75, 3.05) is 13.2 Å². The quantitative estimate of drug-likeness (QED) is 0.0262. The molecule has 0 aliphatic carbocycles. The van der Waals surface area contributed by atoms with Gasteiger partial charge in [0, 0.05) is 19.3 Å². The molecule has 1 unspecified atom stereocenters. The van der Waals surface area contributed by atoms with Crippen molar-refractivity contribution in [3.05, 3.63) is 109 Å². The van der Waals surface area contributed by atoms with Crippen LogP contribution < -0.4 is 0 Å². The number of esters is 3. The summed E-state index contributed by atoms with van der Waals surface area (Å²) in [7, 11) is 0. The molecule has 0 saturated heterocycles. The maximum Gasteiger partial charge on any atom is 0.306 e. The van der Waals surface area contributed by atoms with Gasteiger partial charge >= 0.3 is 17.9 Å². The Labute approximate surface area is 425 Å². The van der Waals surface area contributed by atoms with Crippen LogP contribution in [0.5, 0.6) is 0 Å². The average Bonchev–Trinajstić information content (AvgIpc) is 3.35. The van der Waals surface area contributed by atoms with Crippen LogP contribution >= 0.6 is 0 Å². The van der Waals surface area contributed by atoms with E-state index < -0.39 is 6.10 Å². The van der Waals surface area contributed by atoms with Gasteiger partial charge in [-0.3, -0.25) is 14.4 Å². The molecule has 0 amide bonds. The summed E-state index contributed by atoms with van der Waals surface area (Å²) in [5.41, 5.74) is 0. The molecule has 0 aromatic carbocycles. The van der Waals surface area contributed by atoms with E-state index in [0.717, 1.165) is 141 Å². The second kappa shape index (κ2) is 56.7. The van der Waals surface area contributed by atoms with Crippen molar-refractivity contribution in [2.45, 2.75) is 258 Å². The Morgan fingerprint density at radius 2 is 0.565 bits per heavy atom. The van der Waals surface area contributed by atoms with Crippen LogP contribution in [0.4, 0.5) is 0 Å². The van der Waals surface area contributed by atoms with E-state index in [9.17, 15) is 14.4 Å². The first kappa shape index (κ1) is 65.1. The monoisotopic (exact) mass is 957 g/mol. The molecule has 0 fully saturated rings. The molecule has 0 aliphatic heterocycles. The molecule has 0 rings (SSSR count). The van der Waals surface area contributed by atoms with Gasteiger partial charge in [-0.25, -0.2) is 0 Å². The third-order valence-electron chi connectivity index (χ3n) is 11.7. The molecule has 0 aromatic rings. The summed E-state index contributed by atoms with van der Waals surface area (Å²) in [4.78, 5) is 38.1. The van der Waals surface area contributed by atoms with Gasteiger partial charge in [0.1, 0.15) is 13.2 Å². The van der Waals surface area contributed by atoms with Gasteiger partial charge in [0.25, 0.3) is 0 Å². The minimum atomic E-state index is -0.805. The number of ether oxygens (including phenoxy) is 3. The van der Waals surface area contributed by atoms with Crippen LogP contribution in [0.3, 0.4) is 0 Å². The van der Waals surface area contributed by atoms with E-state index in [4.69, 9.17) is 14.2 Å². The standard InChI is InChI=1S/C63H104O6/c1-4-7-10-13-16-19-22-25-27-28-29-30-31-32-33-34-36-38-41-44-47-50-53-56-62(65)68-59-60(58-67-61(64)55-52-49-46-43-40-37-24-21-18-15-12-9-6-3)69-63(66)57-54-51-48-45-42-39-35-26-23-20-17-14-11-8-5-2/h8-9,11-12,17-18,20-22,25-26,28-29,31-32,35,37,40,60H,4-7,10,13-16,19,23-24,27,30,33-34,36,38-39,41-59H2,1-3H3/b11-8-,12-9-,20-17-,21-18-,25-22-,29-28-,32-31-,35-26-,40-37-. The Balaban J connectivity index is 4.40. The second-order valence-electron chi connectivity index (χ2n) is 18.4. The topological polar surface area (TPSA) is 78.9 Å². The number of allylic oxidation sites excluding steroid dienone is 18. The van der Waals surface area contributed by atoms with Crippen molar-refractivity contribution in [2.24, 2.45) is 0 Å². The lowest BCUT2D eigenvalue weighted by Gasteiger charge is -2.18. The van der Waals surface area contributed by atoms with Crippen LogP contribution in [-0.4, -0.2) is 37.2 Å². The van der Waals surface area contributed by atoms with Crippen molar-refractivity contribution in [3.63, 3.8) is 0 Å². The molecule has 0 saturated carbocycles. The van der Waals surface area contributed by atoms with E-state index >= 15 is 0 Å². The highest BCUT2D eigenvalue weighted by Gasteiger charge is 2.19. The van der Waals surface area contributed by atoms with Crippen LogP contribution in [0, 0.1) is 0 Å². The molecule has 0 radical (unpaired) electrons. The lowest BCUT2D eigenvalue weighted by molar-refractivity contribution is -0.167. The number of unbranched alkanes of at least 4 members (excludes halogenated alkanes) is 21. The van der Waals surface area contributed by atoms with E-state index in [-0.39, 0.29) is 31.1 Å². The van der Waals surface area contributed by atoms with Crippen LogP contribution in [0.1, 0.15) is 252 Å². The van der Waals surface area contributed by atoms with E-state index in [1.807, 2.05) is 0 Å². The van der Waals surface area contributed by atoms with Crippen molar-refractivity contribution in [3.8, 4) is 0 Å². The highest BCUT2D eigenvalue weighted by molar-refractivity contribution is 5.71. The number of carbonyl (C=O) groups is 3. The molecule has 69 heavy (non-hydrogen) atoms. The molecule has 0 aromatic heterocycles. The third kappa shape index (κ3) is 54.9. The Morgan fingerprint density at radius 3 is 0.899 bits per heavy atom. The Bertz CT molecular complexity index is 1420. The first-order chi connectivity index (χ1) is 34.0. The van der Waals surface area contributed by atoms with E-state index in [2.05, 4.69) is 130 Å². The Hall–Kier alpha value is -3.93. The normalized spacial score (nSPS) is 12.9. The van der Waals surface area contributed by atoms with Gasteiger partial charge in [0.15, 0.2) is 6.10 Å². The van der Waals surface area contributed by atoms with Crippen molar-refractivity contribution < 1.29 is 28.6 Å². The third-order valence-corrected chi connectivity index (χ3v) is 11.7. The largest absolute Gasteiger partial charge is 0.462 e. The molecule has 0 N–H and O–H groups in total. The smallest absolute Gasteiger partial charge is 0.306 e. The maximum absolute atomic E-state index is 12.8. The number of carbonyl (C=O) groups excluding carboxylic acids is 3. The summed E-state index contributed by atoms with van der Waals surface area (Å²) < 4.78 is 16.8. The van der Waals surface area contributed by atoms with Gasteiger partial charge in [-0.1, -0.05) is 220 Å². The lowest BCUT2D eigenvalue weighted by atomic mass is 10.1. The van der Waals surface area contributed by atoms with Gasteiger partial charge in [0.2, 0.25) is 0 Å². The zero-order valence-corrected chi connectivity index (χ0v) is 44.8. The highest BCUT2D eigenvalue weighted by Crippen LogP contribution is 2.14. The first-order valence-corrected chi connectivity index (χ1v) is 28.4. The van der Waals surface area contributed by atoms with Gasteiger partial charge in [-0.05, 0) is 122 Å². The number of hydrogen-bond donors (Lipinski definition) is 0. The van der Waals surface area contributed by atoms with Crippen LogP contribution in [0.25, 0.3) is 0 Å².